The van der Waals surface area contributed by atoms with Gasteiger partial charge in [-0.15, -0.1) is 11.3 Å². The van der Waals surface area contributed by atoms with E-state index >= 15 is 0 Å². The van der Waals surface area contributed by atoms with Crippen LogP contribution in [0.2, 0.25) is 0 Å². The van der Waals surface area contributed by atoms with Crippen molar-refractivity contribution in [3.05, 3.63) is 40.7 Å². The molecule has 18 heavy (non-hydrogen) atoms. The minimum atomic E-state index is -0.508. The van der Waals surface area contributed by atoms with Crippen molar-refractivity contribution in [2.45, 2.75) is 6.54 Å². The molecule has 0 bridgehead atoms. The molecule has 1 aromatic carbocycles. The van der Waals surface area contributed by atoms with Crippen molar-refractivity contribution in [3.8, 4) is 11.3 Å². The Bertz CT molecular complexity index is 513. The Morgan fingerprint density at radius 2 is 2.17 bits per heavy atom. The van der Waals surface area contributed by atoms with E-state index in [9.17, 15) is 4.79 Å². The molecule has 5 nitrogen and oxygen atoms in total. The van der Waals surface area contributed by atoms with Gasteiger partial charge in [-0.2, -0.15) is 5.48 Å². The average molecular weight is 263 g/mol. The molecule has 0 unspecified atom stereocenters. The number of hydrogen-bond acceptors (Lipinski definition) is 5. The number of hydrogen-bond donors (Lipinski definition) is 2. The molecule has 2 rings (SSSR count). The van der Waals surface area contributed by atoms with Crippen LogP contribution >= 0.6 is 11.3 Å². The molecule has 1 heterocycles. The topological polar surface area (TPSA) is 77.2 Å². The molecule has 3 N–H and O–H groups in total. The highest BCUT2D eigenvalue weighted by molar-refractivity contribution is 7.09. The van der Waals surface area contributed by atoms with Gasteiger partial charge in [-0.3, -0.25) is 9.63 Å². The van der Waals surface area contributed by atoms with E-state index in [0.29, 0.717) is 6.54 Å². The number of primary amides is 1. The standard InChI is InChI=1S/C12H13N3O2S/c13-11(16)7-17-14-6-12-15-10(8-18-12)9-4-2-1-3-5-9/h1-5,8,14H,6-7H2,(H2,13,16). The minimum absolute atomic E-state index is 0.142. The van der Waals surface area contributed by atoms with Gasteiger partial charge in [0.1, 0.15) is 11.6 Å². The number of carbonyl (C=O) groups is 1. The summed E-state index contributed by atoms with van der Waals surface area (Å²) in [6.07, 6.45) is 0. The van der Waals surface area contributed by atoms with Gasteiger partial charge in [0, 0.05) is 10.9 Å². The van der Waals surface area contributed by atoms with E-state index < -0.39 is 5.91 Å². The number of nitrogens with zero attached hydrogens (tertiary/aromatic N) is 1. The molecule has 0 atom stereocenters. The molecular formula is C12H13N3O2S. The molecule has 0 aliphatic carbocycles. The van der Waals surface area contributed by atoms with E-state index in [0.717, 1.165) is 16.3 Å². The first-order valence-corrected chi connectivity index (χ1v) is 6.26. The van der Waals surface area contributed by atoms with Crippen LogP contribution in [0.15, 0.2) is 35.7 Å². The van der Waals surface area contributed by atoms with Gasteiger partial charge in [-0.1, -0.05) is 30.3 Å². The molecule has 1 amide bonds. The maximum Gasteiger partial charge on any atom is 0.245 e. The number of carbonyl (C=O) groups excluding carboxylic acids is 1. The van der Waals surface area contributed by atoms with Crippen LogP contribution in [-0.4, -0.2) is 17.5 Å². The molecule has 0 saturated heterocycles. The number of benzene rings is 1. The molecule has 6 heteroatoms. The zero-order valence-corrected chi connectivity index (χ0v) is 10.4. The number of amides is 1. The fourth-order valence-electron chi connectivity index (χ4n) is 1.37. The summed E-state index contributed by atoms with van der Waals surface area (Å²) in [6.45, 7) is 0.307. The largest absolute Gasteiger partial charge is 0.368 e. The second-order valence-electron chi connectivity index (χ2n) is 3.57. The summed E-state index contributed by atoms with van der Waals surface area (Å²) >= 11 is 1.53. The minimum Gasteiger partial charge on any atom is -0.368 e. The monoisotopic (exact) mass is 263 g/mol. The van der Waals surface area contributed by atoms with Crippen molar-refractivity contribution in [1.29, 1.82) is 0 Å². The Hall–Kier alpha value is -1.76. The van der Waals surface area contributed by atoms with Crippen molar-refractivity contribution < 1.29 is 9.63 Å². The lowest BCUT2D eigenvalue weighted by atomic mass is 10.2. The van der Waals surface area contributed by atoms with Gasteiger partial charge in [0.05, 0.1) is 12.2 Å². The zero-order chi connectivity index (χ0) is 12.8. The van der Waals surface area contributed by atoms with Gasteiger partial charge in [0.25, 0.3) is 0 Å². The summed E-state index contributed by atoms with van der Waals surface area (Å²) in [6, 6.07) is 9.94. The van der Waals surface area contributed by atoms with Gasteiger partial charge < -0.3 is 5.73 Å². The quantitative estimate of drug-likeness (QED) is 0.608. The van der Waals surface area contributed by atoms with Gasteiger partial charge in [-0.05, 0) is 0 Å². The summed E-state index contributed by atoms with van der Waals surface area (Å²) in [5.74, 6) is -0.508. The number of nitrogens with one attached hydrogen (secondary N) is 1. The summed E-state index contributed by atoms with van der Waals surface area (Å²) in [5, 5.41) is 2.87. The first kappa shape index (κ1) is 12.7. The summed E-state index contributed by atoms with van der Waals surface area (Å²) in [5.41, 5.74) is 9.60. The van der Waals surface area contributed by atoms with Crippen LogP contribution in [0.3, 0.4) is 0 Å². The SMILES string of the molecule is NC(=O)CONCc1nc(-c2ccccc2)cs1. The van der Waals surface area contributed by atoms with Gasteiger partial charge in [0.2, 0.25) is 5.91 Å². The van der Waals surface area contributed by atoms with Gasteiger partial charge >= 0.3 is 0 Å². The van der Waals surface area contributed by atoms with Crippen LogP contribution in [0.5, 0.6) is 0 Å². The lowest BCUT2D eigenvalue weighted by Crippen LogP contribution is -2.24. The Morgan fingerprint density at radius 1 is 1.39 bits per heavy atom. The maximum absolute atomic E-state index is 10.4. The van der Waals surface area contributed by atoms with Crippen molar-refractivity contribution >= 4 is 17.2 Å². The van der Waals surface area contributed by atoms with Crippen molar-refractivity contribution in [3.63, 3.8) is 0 Å². The van der Waals surface area contributed by atoms with Crippen molar-refractivity contribution in [2.75, 3.05) is 6.61 Å². The number of nitrogens with two attached hydrogens (primary N) is 1. The Kier molecular flexibility index (Phi) is 4.40. The summed E-state index contributed by atoms with van der Waals surface area (Å²) in [7, 11) is 0. The van der Waals surface area contributed by atoms with Crippen LogP contribution in [0.1, 0.15) is 5.01 Å². The smallest absolute Gasteiger partial charge is 0.245 e. The summed E-state index contributed by atoms with van der Waals surface area (Å²) in [4.78, 5) is 19.8. The fourth-order valence-corrected chi connectivity index (χ4v) is 2.10. The molecule has 0 fully saturated rings. The van der Waals surface area contributed by atoms with Crippen LogP contribution in [-0.2, 0) is 16.2 Å². The van der Waals surface area contributed by atoms with E-state index in [1.807, 2.05) is 35.7 Å². The molecule has 2 aromatic rings. The first-order chi connectivity index (χ1) is 8.75. The molecule has 0 aliphatic rings. The lowest BCUT2D eigenvalue weighted by Gasteiger charge is -2.00. The molecule has 0 aliphatic heterocycles. The molecule has 94 valence electrons. The van der Waals surface area contributed by atoms with Crippen LogP contribution in [0.25, 0.3) is 11.3 Å². The number of thiazole rings is 1. The highest BCUT2D eigenvalue weighted by Gasteiger charge is 2.04. The number of aromatic nitrogens is 1. The Labute approximate surface area is 109 Å². The fraction of sp³-hybridized carbons (Fsp3) is 0.167. The second-order valence-corrected chi connectivity index (χ2v) is 4.51. The molecule has 0 radical (unpaired) electrons. The van der Waals surface area contributed by atoms with E-state index in [2.05, 4.69) is 10.5 Å². The van der Waals surface area contributed by atoms with Crippen molar-refractivity contribution in [1.82, 2.24) is 10.5 Å². The van der Waals surface area contributed by atoms with E-state index in [1.54, 1.807) is 0 Å². The molecule has 0 saturated carbocycles. The first-order valence-electron chi connectivity index (χ1n) is 5.38. The third kappa shape index (κ3) is 3.63. The number of hydroxylamine groups is 1. The number of rotatable bonds is 6. The zero-order valence-electron chi connectivity index (χ0n) is 9.63. The highest BCUT2D eigenvalue weighted by atomic mass is 32.1. The second kappa shape index (κ2) is 6.25. The Morgan fingerprint density at radius 3 is 2.89 bits per heavy atom. The van der Waals surface area contributed by atoms with Gasteiger partial charge in [-0.25, -0.2) is 4.98 Å². The molecule has 1 aromatic heterocycles. The average Bonchev–Trinajstić information content (AvgIpc) is 2.84. The van der Waals surface area contributed by atoms with Crippen molar-refractivity contribution in [2.24, 2.45) is 5.73 Å². The highest BCUT2D eigenvalue weighted by Crippen LogP contribution is 2.21. The maximum atomic E-state index is 10.4. The normalized spacial score (nSPS) is 10.4. The van der Waals surface area contributed by atoms with Crippen LogP contribution < -0.4 is 11.2 Å². The van der Waals surface area contributed by atoms with E-state index in [4.69, 9.17) is 10.6 Å². The van der Waals surface area contributed by atoms with Crippen LogP contribution in [0.4, 0.5) is 0 Å². The molecule has 0 spiro atoms. The predicted octanol–water partition coefficient (Wildman–Crippen LogP) is 1.32. The third-order valence-corrected chi connectivity index (χ3v) is 3.01. The van der Waals surface area contributed by atoms with Gasteiger partial charge in [0.15, 0.2) is 0 Å². The van der Waals surface area contributed by atoms with E-state index in [1.165, 1.54) is 11.3 Å². The molecular weight excluding hydrogens is 250 g/mol. The van der Waals surface area contributed by atoms with E-state index in [-0.39, 0.29) is 6.61 Å². The summed E-state index contributed by atoms with van der Waals surface area (Å²) < 4.78 is 0. The third-order valence-electron chi connectivity index (χ3n) is 2.16. The lowest BCUT2D eigenvalue weighted by molar-refractivity contribution is -0.125. The van der Waals surface area contributed by atoms with Crippen LogP contribution in [0, 0.1) is 0 Å². The predicted molar refractivity (Wildman–Crippen MR) is 69.5 cm³/mol. The Balaban J connectivity index is 1.89.